The molecule has 0 unspecified atom stereocenters. The average molecular weight is 297 g/mol. The van der Waals surface area contributed by atoms with Crippen molar-refractivity contribution in [1.82, 2.24) is 9.97 Å². The summed E-state index contributed by atoms with van der Waals surface area (Å²) in [5.74, 6) is 1.82. The quantitative estimate of drug-likeness (QED) is 0.753. The lowest BCUT2D eigenvalue weighted by Gasteiger charge is -2.55. The van der Waals surface area contributed by atoms with Crippen molar-refractivity contribution >= 4 is 23.2 Å². The second-order valence-corrected chi connectivity index (χ2v) is 6.14. The first-order valence-electron chi connectivity index (χ1n) is 6.94. The fourth-order valence-corrected chi connectivity index (χ4v) is 3.18. The predicted molar refractivity (Wildman–Crippen MR) is 75.5 cm³/mol. The van der Waals surface area contributed by atoms with Gasteiger partial charge in [0.1, 0.15) is 11.6 Å². The molecule has 3 aliphatic heterocycles. The van der Waals surface area contributed by atoms with Gasteiger partial charge >= 0.3 is 0 Å². The number of hydrogen-bond acceptors (Lipinski definition) is 6. The van der Waals surface area contributed by atoms with Crippen molar-refractivity contribution < 1.29 is 9.47 Å². The molecule has 3 saturated heterocycles. The average Bonchev–Trinajstić information content (AvgIpc) is 2.36. The van der Waals surface area contributed by atoms with Gasteiger partial charge in [0.05, 0.1) is 31.8 Å². The van der Waals surface area contributed by atoms with E-state index in [0.717, 1.165) is 64.2 Å². The standard InChI is InChI=1S/C13H17ClN4O2/c14-12-15-10(17-1-3-19-4-2-17)5-11(16-12)18-6-13(7-18)8-20-9-13/h5H,1-4,6-9H2. The van der Waals surface area contributed by atoms with Crippen LogP contribution in [-0.4, -0.2) is 62.6 Å². The van der Waals surface area contributed by atoms with E-state index >= 15 is 0 Å². The van der Waals surface area contributed by atoms with Crippen molar-refractivity contribution in [2.24, 2.45) is 5.41 Å². The molecule has 0 bridgehead atoms. The van der Waals surface area contributed by atoms with Gasteiger partial charge in [-0.3, -0.25) is 0 Å². The molecule has 0 aliphatic carbocycles. The Bertz CT molecular complexity index is 509. The molecule has 0 amide bonds. The summed E-state index contributed by atoms with van der Waals surface area (Å²) in [6.07, 6.45) is 0. The molecule has 4 rings (SSSR count). The lowest BCUT2D eigenvalue weighted by atomic mass is 9.78. The molecule has 1 aromatic heterocycles. The highest BCUT2D eigenvalue weighted by Gasteiger charge is 2.49. The second kappa shape index (κ2) is 4.72. The molecule has 20 heavy (non-hydrogen) atoms. The number of aromatic nitrogens is 2. The molecule has 1 aromatic rings. The van der Waals surface area contributed by atoms with Crippen molar-refractivity contribution in [2.75, 3.05) is 62.4 Å². The van der Waals surface area contributed by atoms with E-state index in [1.165, 1.54) is 0 Å². The van der Waals surface area contributed by atoms with Crippen molar-refractivity contribution in [2.45, 2.75) is 0 Å². The van der Waals surface area contributed by atoms with Crippen LogP contribution in [0.4, 0.5) is 11.6 Å². The molecule has 0 atom stereocenters. The molecule has 3 fully saturated rings. The van der Waals surface area contributed by atoms with E-state index < -0.39 is 0 Å². The minimum Gasteiger partial charge on any atom is -0.380 e. The third kappa shape index (κ3) is 2.12. The van der Waals surface area contributed by atoms with Gasteiger partial charge in [0.25, 0.3) is 0 Å². The Balaban J connectivity index is 1.53. The highest BCUT2D eigenvalue weighted by molar-refractivity contribution is 6.28. The highest BCUT2D eigenvalue weighted by Crippen LogP contribution is 2.40. The van der Waals surface area contributed by atoms with E-state index in [1.807, 2.05) is 6.07 Å². The van der Waals surface area contributed by atoms with Crippen molar-refractivity contribution in [3.05, 3.63) is 11.3 Å². The Hall–Kier alpha value is -1.11. The number of halogens is 1. The largest absolute Gasteiger partial charge is 0.380 e. The summed E-state index contributed by atoms with van der Waals surface area (Å²) in [5, 5.41) is 0.315. The number of anilines is 2. The summed E-state index contributed by atoms with van der Waals surface area (Å²) in [5.41, 5.74) is 0.372. The van der Waals surface area contributed by atoms with Crippen LogP contribution in [0.5, 0.6) is 0 Å². The van der Waals surface area contributed by atoms with Crippen molar-refractivity contribution in [3.8, 4) is 0 Å². The van der Waals surface area contributed by atoms with E-state index in [-0.39, 0.29) is 0 Å². The van der Waals surface area contributed by atoms with Gasteiger partial charge in [-0.25, -0.2) is 9.97 Å². The summed E-state index contributed by atoms with van der Waals surface area (Å²) in [4.78, 5) is 13.1. The Morgan fingerprint density at radius 3 is 2.25 bits per heavy atom. The van der Waals surface area contributed by atoms with Crippen LogP contribution in [0.15, 0.2) is 6.07 Å². The summed E-state index contributed by atoms with van der Waals surface area (Å²) >= 11 is 6.08. The molecule has 0 N–H and O–H groups in total. The maximum absolute atomic E-state index is 6.08. The van der Waals surface area contributed by atoms with Crippen LogP contribution in [0.25, 0.3) is 0 Å². The molecule has 3 aliphatic rings. The second-order valence-electron chi connectivity index (χ2n) is 5.80. The molecule has 1 spiro atoms. The first kappa shape index (κ1) is 12.6. The molecular weight excluding hydrogens is 280 g/mol. The zero-order valence-electron chi connectivity index (χ0n) is 11.2. The zero-order chi connectivity index (χ0) is 13.6. The summed E-state index contributed by atoms with van der Waals surface area (Å²) in [6, 6.07) is 2.03. The molecule has 108 valence electrons. The first-order valence-corrected chi connectivity index (χ1v) is 7.32. The van der Waals surface area contributed by atoms with Gasteiger partial charge in [-0.15, -0.1) is 0 Å². The van der Waals surface area contributed by atoms with E-state index in [0.29, 0.717) is 10.7 Å². The Morgan fingerprint density at radius 2 is 1.65 bits per heavy atom. The number of morpholine rings is 1. The summed E-state index contributed by atoms with van der Waals surface area (Å²) in [7, 11) is 0. The lowest BCUT2D eigenvalue weighted by Crippen LogP contribution is -2.66. The van der Waals surface area contributed by atoms with E-state index in [4.69, 9.17) is 21.1 Å². The van der Waals surface area contributed by atoms with Gasteiger partial charge in [0.2, 0.25) is 5.28 Å². The zero-order valence-corrected chi connectivity index (χ0v) is 12.0. The molecule has 0 aromatic carbocycles. The third-order valence-corrected chi connectivity index (χ3v) is 4.37. The third-order valence-electron chi connectivity index (χ3n) is 4.20. The van der Waals surface area contributed by atoms with E-state index in [2.05, 4.69) is 19.8 Å². The number of rotatable bonds is 2. The normalized spacial score (nSPS) is 24.4. The Labute approximate surface area is 122 Å². The van der Waals surface area contributed by atoms with Gasteiger partial charge in [-0.2, -0.15) is 0 Å². The fraction of sp³-hybridized carbons (Fsp3) is 0.692. The van der Waals surface area contributed by atoms with Crippen molar-refractivity contribution in [3.63, 3.8) is 0 Å². The van der Waals surface area contributed by atoms with Crippen LogP contribution in [0.3, 0.4) is 0 Å². The van der Waals surface area contributed by atoms with E-state index in [9.17, 15) is 0 Å². The maximum atomic E-state index is 6.08. The van der Waals surface area contributed by atoms with Gasteiger partial charge in [0, 0.05) is 32.2 Å². The summed E-state index contributed by atoms with van der Waals surface area (Å²) < 4.78 is 10.7. The van der Waals surface area contributed by atoms with Crippen LogP contribution in [0.2, 0.25) is 5.28 Å². The molecule has 4 heterocycles. The van der Waals surface area contributed by atoms with E-state index in [1.54, 1.807) is 0 Å². The van der Waals surface area contributed by atoms with Gasteiger partial charge in [-0.1, -0.05) is 0 Å². The van der Waals surface area contributed by atoms with Crippen LogP contribution in [0, 0.1) is 5.41 Å². The Morgan fingerprint density at radius 1 is 1.00 bits per heavy atom. The van der Waals surface area contributed by atoms with Crippen LogP contribution in [-0.2, 0) is 9.47 Å². The Kier molecular flexibility index (Phi) is 2.98. The molecule has 6 nitrogen and oxygen atoms in total. The first-order chi connectivity index (χ1) is 9.74. The number of nitrogens with zero attached hydrogens (tertiary/aromatic N) is 4. The van der Waals surface area contributed by atoms with Crippen LogP contribution < -0.4 is 9.80 Å². The topological polar surface area (TPSA) is 50.7 Å². The number of ether oxygens (including phenoxy) is 2. The maximum Gasteiger partial charge on any atom is 0.226 e. The molecule has 0 saturated carbocycles. The smallest absolute Gasteiger partial charge is 0.226 e. The van der Waals surface area contributed by atoms with Gasteiger partial charge in [0.15, 0.2) is 0 Å². The van der Waals surface area contributed by atoms with Crippen molar-refractivity contribution in [1.29, 1.82) is 0 Å². The fourth-order valence-electron chi connectivity index (χ4n) is 3.01. The predicted octanol–water partition coefficient (Wildman–Crippen LogP) is 0.803. The minimum absolute atomic E-state index is 0.315. The summed E-state index contributed by atoms with van der Waals surface area (Å²) in [6.45, 7) is 6.93. The number of hydrogen-bond donors (Lipinski definition) is 0. The van der Waals surface area contributed by atoms with Gasteiger partial charge < -0.3 is 19.3 Å². The molecular formula is C13H17ClN4O2. The van der Waals surface area contributed by atoms with Gasteiger partial charge in [-0.05, 0) is 11.6 Å². The lowest BCUT2D eigenvalue weighted by molar-refractivity contribution is -0.127. The van der Waals surface area contributed by atoms with Crippen LogP contribution >= 0.6 is 11.6 Å². The minimum atomic E-state index is 0.315. The molecule has 7 heteroatoms. The van der Waals surface area contributed by atoms with Crippen LogP contribution in [0.1, 0.15) is 0 Å². The monoisotopic (exact) mass is 296 g/mol. The SMILES string of the molecule is Clc1nc(N2CCOCC2)cc(N2CC3(COC3)C2)n1. The highest BCUT2D eigenvalue weighted by atomic mass is 35.5. The molecule has 0 radical (unpaired) electrons.